The number of rotatable bonds is 2. The fraction of sp³-hybridized carbons (Fsp3) is 0.773. The Morgan fingerprint density at radius 2 is 1.77 bits per heavy atom. The van der Waals surface area contributed by atoms with E-state index in [0.29, 0.717) is 6.29 Å². The quantitative estimate of drug-likeness (QED) is 0.396. The van der Waals surface area contributed by atoms with Gasteiger partial charge in [0.2, 0.25) is 0 Å². The number of hydrogen-bond acceptors (Lipinski definition) is 8. The zero-order valence-electron chi connectivity index (χ0n) is 19.0. The topological polar surface area (TPSA) is 112 Å². The highest BCUT2D eigenvalue weighted by Crippen LogP contribution is 2.56. The van der Waals surface area contributed by atoms with Crippen LogP contribution in [0.4, 0.5) is 9.59 Å². The zero-order chi connectivity index (χ0) is 23.4. The summed E-state index contributed by atoms with van der Waals surface area (Å²) in [7, 11) is 0. The summed E-state index contributed by atoms with van der Waals surface area (Å²) in [5.41, 5.74) is -2.93. The maximum atomic E-state index is 13.2. The van der Waals surface area contributed by atoms with E-state index in [1.54, 1.807) is 48.5 Å². The normalized spacial score (nSPS) is 36.3. The van der Waals surface area contributed by atoms with Gasteiger partial charge >= 0.3 is 12.2 Å². The molecule has 4 heterocycles. The van der Waals surface area contributed by atoms with Crippen molar-refractivity contribution in [3.8, 4) is 11.8 Å². The predicted octanol–water partition coefficient (Wildman–Crippen LogP) is 1.89. The Balaban J connectivity index is 2.09. The fourth-order valence-electron chi connectivity index (χ4n) is 4.74. The largest absolute Gasteiger partial charge is 0.509 e. The molecule has 9 nitrogen and oxygen atoms in total. The molecule has 5 fully saturated rings. The standard InChI is InChI=1S/C22H31NO8/c1-8-9-22-13-11-28-16(17(22)29-19(27)31-21(5,6)7)12(10-24)15(25)14(13)23(22)18(26)30-20(2,3)4/h10,12-17,25H,11H2,1-7H3. The van der Waals surface area contributed by atoms with Gasteiger partial charge in [0, 0.05) is 5.92 Å². The smallest absolute Gasteiger partial charge is 0.444 e. The number of fused-ring (bicyclic) bond motifs is 1. The summed E-state index contributed by atoms with van der Waals surface area (Å²) >= 11 is 0. The van der Waals surface area contributed by atoms with Crippen LogP contribution < -0.4 is 0 Å². The van der Waals surface area contributed by atoms with Gasteiger partial charge in [-0.15, -0.1) is 5.92 Å². The van der Waals surface area contributed by atoms with E-state index in [-0.39, 0.29) is 6.61 Å². The summed E-state index contributed by atoms with van der Waals surface area (Å²) in [4.78, 5) is 39.0. The van der Waals surface area contributed by atoms with Gasteiger partial charge in [-0.1, -0.05) is 5.92 Å². The third-order valence-corrected chi connectivity index (χ3v) is 5.68. The highest BCUT2D eigenvalue weighted by Gasteiger charge is 2.77. The Bertz CT molecular complexity index is 816. The number of nitrogens with zero attached hydrogens (tertiary/aromatic N) is 1. The van der Waals surface area contributed by atoms with Gasteiger partial charge in [-0.05, 0) is 48.5 Å². The molecule has 0 radical (unpaired) electrons. The minimum absolute atomic E-state index is 0.152. The predicted molar refractivity (Wildman–Crippen MR) is 108 cm³/mol. The molecule has 9 heteroatoms. The monoisotopic (exact) mass is 437 g/mol. The van der Waals surface area contributed by atoms with Crippen molar-refractivity contribution in [2.45, 2.75) is 89.6 Å². The van der Waals surface area contributed by atoms with Crippen LogP contribution in [0.15, 0.2) is 0 Å². The second kappa shape index (κ2) is 7.68. The SMILES string of the molecule is CC#CC12C3COC(C(C=O)C(O)C3N1C(=O)OC(C)(C)C)C2OC(=O)OC(C)(C)C. The molecular formula is C22H31NO8. The van der Waals surface area contributed by atoms with E-state index in [2.05, 4.69) is 11.8 Å². The van der Waals surface area contributed by atoms with E-state index in [1.807, 2.05) is 0 Å². The third kappa shape index (κ3) is 3.87. The first-order valence-electron chi connectivity index (χ1n) is 10.4. The second-order valence-corrected chi connectivity index (χ2v) is 10.2. The molecule has 1 N–H and O–H groups in total. The molecule has 7 atom stereocenters. The van der Waals surface area contributed by atoms with Crippen LogP contribution in [0.25, 0.3) is 0 Å². The highest BCUT2D eigenvalue weighted by atomic mass is 16.7. The number of aldehydes is 1. The molecule has 0 aromatic rings. The fourth-order valence-corrected chi connectivity index (χ4v) is 4.74. The first-order chi connectivity index (χ1) is 14.3. The summed E-state index contributed by atoms with van der Waals surface area (Å²) in [6.45, 7) is 12.0. The van der Waals surface area contributed by atoms with Crippen LogP contribution in [0, 0.1) is 23.7 Å². The molecule has 31 heavy (non-hydrogen) atoms. The lowest BCUT2D eigenvalue weighted by Gasteiger charge is -2.63. The van der Waals surface area contributed by atoms with E-state index in [9.17, 15) is 19.5 Å². The maximum Gasteiger partial charge on any atom is 0.509 e. The lowest BCUT2D eigenvalue weighted by atomic mass is 9.64. The molecule has 5 aliphatic rings. The Morgan fingerprint density at radius 3 is 2.29 bits per heavy atom. The van der Waals surface area contributed by atoms with Gasteiger partial charge in [-0.2, -0.15) is 0 Å². The maximum absolute atomic E-state index is 13.2. The molecule has 4 bridgehead atoms. The van der Waals surface area contributed by atoms with Crippen LogP contribution in [0.2, 0.25) is 0 Å². The van der Waals surface area contributed by atoms with E-state index in [1.165, 1.54) is 4.90 Å². The average Bonchev–Trinajstić information content (AvgIpc) is 2.78. The zero-order valence-corrected chi connectivity index (χ0v) is 19.0. The van der Waals surface area contributed by atoms with E-state index in [0.717, 1.165) is 0 Å². The van der Waals surface area contributed by atoms with Crippen molar-refractivity contribution in [2.75, 3.05) is 6.61 Å². The highest BCUT2D eigenvalue weighted by molar-refractivity contribution is 5.75. The van der Waals surface area contributed by atoms with Gasteiger partial charge in [-0.3, -0.25) is 4.90 Å². The molecule has 1 amide bonds. The summed E-state index contributed by atoms with van der Waals surface area (Å²) < 4.78 is 22.4. The number of amides is 1. The summed E-state index contributed by atoms with van der Waals surface area (Å²) in [6, 6.07) is -0.761. The molecule has 4 saturated heterocycles. The molecule has 0 aromatic heterocycles. The minimum Gasteiger partial charge on any atom is -0.444 e. The Hall–Kier alpha value is -2.31. The molecular weight excluding hydrogens is 406 g/mol. The number of aliphatic hydroxyl groups excluding tert-OH is 1. The molecule has 4 aliphatic heterocycles. The van der Waals surface area contributed by atoms with Gasteiger partial charge in [0.25, 0.3) is 0 Å². The van der Waals surface area contributed by atoms with Crippen molar-refractivity contribution in [3.05, 3.63) is 0 Å². The Labute approximate surface area is 182 Å². The average molecular weight is 437 g/mol. The first-order valence-corrected chi connectivity index (χ1v) is 10.4. The lowest BCUT2D eigenvalue weighted by Crippen LogP contribution is -2.83. The van der Waals surface area contributed by atoms with Crippen molar-refractivity contribution >= 4 is 18.5 Å². The molecule has 1 saturated carbocycles. The first kappa shape index (κ1) is 23.4. The minimum atomic E-state index is -1.31. The number of carbonyl (C=O) groups excluding carboxylic acids is 3. The van der Waals surface area contributed by atoms with E-state index >= 15 is 0 Å². The number of hydrogen-bond donors (Lipinski definition) is 1. The van der Waals surface area contributed by atoms with Gasteiger partial charge in [0.15, 0.2) is 11.6 Å². The van der Waals surface area contributed by atoms with Gasteiger partial charge in [0.1, 0.15) is 23.6 Å². The summed E-state index contributed by atoms with van der Waals surface area (Å²) in [5.74, 6) is 4.36. The van der Waals surface area contributed by atoms with E-state index < -0.39 is 65.2 Å². The number of aliphatic hydroxyl groups is 1. The summed E-state index contributed by atoms with van der Waals surface area (Å²) in [5, 5.41) is 11.0. The molecule has 7 unspecified atom stereocenters. The van der Waals surface area contributed by atoms with Crippen LogP contribution >= 0.6 is 0 Å². The number of carbonyl (C=O) groups is 3. The molecule has 0 aromatic carbocycles. The van der Waals surface area contributed by atoms with Crippen LogP contribution in [0.3, 0.4) is 0 Å². The Kier molecular flexibility index (Phi) is 5.78. The van der Waals surface area contributed by atoms with Crippen molar-refractivity contribution in [1.82, 2.24) is 4.90 Å². The van der Waals surface area contributed by atoms with Crippen LogP contribution in [0.1, 0.15) is 48.5 Å². The van der Waals surface area contributed by atoms with Crippen molar-refractivity contribution in [3.63, 3.8) is 0 Å². The molecule has 5 rings (SSSR count). The summed E-state index contributed by atoms with van der Waals surface area (Å²) in [6.07, 6.45) is -4.47. The van der Waals surface area contributed by atoms with Crippen LogP contribution in [-0.4, -0.2) is 76.2 Å². The Morgan fingerprint density at radius 1 is 1.16 bits per heavy atom. The second-order valence-electron chi connectivity index (χ2n) is 10.2. The van der Waals surface area contributed by atoms with E-state index in [4.69, 9.17) is 18.9 Å². The van der Waals surface area contributed by atoms with Gasteiger partial charge < -0.3 is 28.8 Å². The van der Waals surface area contributed by atoms with Crippen molar-refractivity contribution < 1.29 is 38.4 Å². The molecule has 0 spiro atoms. The van der Waals surface area contributed by atoms with Gasteiger partial charge in [-0.25, -0.2) is 9.59 Å². The van der Waals surface area contributed by atoms with Crippen LogP contribution in [0.5, 0.6) is 0 Å². The van der Waals surface area contributed by atoms with Crippen molar-refractivity contribution in [2.24, 2.45) is 11.8 Å². The third-order valence-electron chi connectivity index (χ3n) is 5.68. The van der Waals surface area contributed by atoms with Crippen LogP contribution in [-0.2, 0) is 23.7 Å². The molecule has 172 valence electrons. The lowest BCUT2D eigenvalue weighted by molar-refractivity contribution is -0.232. The van der Waals surface area contributed by atoms with Gasteiger partial charge in [0.05, 0.1) is 24.7 Å². The van der Waals surface area contributed by atoms with Crippen molar-refractivity contribution in [1.29, 1.82) is 0 Å². The molecule has 1 aliphatic carbocycles. The number of ether oxygens (including phenoxy) is 4.